The molecule has 7 aromatic carbocycles. The highest BCUT2D eigenvalue weighted by Crippen LogP contribution is 2.47. The fourth-order valence-electron chi connectivity index (χ4n) is 8.69. The molecule has 5 heteroatoms. The molecule has 4 nitrogen and oxygen atoms in total. The number of para-hydroxylation sites is 1. The first-order valence-electron chi connectivity index (χ1n) is 19.8. The van der Waals surface area contributed by atoms with E-state index in [2.05, 4.69) is 174 Å². The van der Waals surface area contributed by atoms with Crippen LogP contribution >= 0.6 is 11.8 Å². The second-order valence-corrected chi connectivity index (χ2v) is 16.0. The van der Waals surface area contributed by atoms with Gasteiger partial charge in [0.1, 0.15) is 17.0 Å². The molecule has 59 heavy (non-hydrogen) atoms. The largest absolute Gasteiger partial charge is 0.456 e. The van der Waals surface area contributed by atoms with Gasteiger partial charge in [-0.15, -0.1) is 0 Å². The van der Waals surface area contributed by atoms with Crippen LogP contribution in [-0.4, -0.2) is 14.5 Å². The molecule has 0 amide bonds. The van der Waals surface area contributed by atoms with Crippen LogP contribution in [0.3, 0.4) is 0 Å². The summed E-state index contributed by atoms with van der Waals surface area (Å²) in [5, 5.41) is 3.31. The molecule has 0 aliphatic carbocycles. The zero-order valence-electron chi connectivity index (χ0n) is 31.7. The number of hydrogen-bond donors (Lipinski definition) is 0. The average Bonchev–Trinajstić information content (AvgIpc) is 3.82. The van der Waals surface area contributed by atoms with E-state index in [9.17, 15) is 0 Å². The van der Waals surface area contributed by atoms with Gasteiger partial charge in [-0.3, -0.25) is 4.57 Å². The highest BCUT2D eigenvalue weighted by Gasteiger charge is 2.21. The Kier molecular flexibility index (Phi) is 7.75. The van der Waals surface area contributed by atoms with Crippen molar-refractivity contribution in [1.82, 2.24) is 14.5 Å². The Balaban J connectivity index is 1.10. The smallest absolute Gasteiger partial charge is 0.137 e. The fraction of sp³-hybridized carbons (Fsp3) is 0. The molecular weight excluding hydrogens is 739 g/mol. The van der Waals surface area contributed by atoms with Crippen molar-refractivity contribution in [2.24, 2.45) is 0 Å². The zero-order chi connectivity index (χ0) is 38.9. The van der Waals surface area contributed by atoms with Crippen LogP contribution in [0.5, 0.6) is 0 Å². The van der Waals surface area contributed by atoms with E-state index in [4.69, 9.17) is 14.4 Å². The minimum atomic E-state index is 0.861. The van der Waals surface area contributed by atoms with E-state index in [1.807, 2.05) is 42.2 Å². The molecule has 0 fully saturated rings. The average molecular weight is 772 g/mol. The molecule has 0 saturated heterocycles. The number of furan rings is 1. The first kappa shape index (κ1) is 33.6. The Hall–Kier alpha value is -7.47. The van der Waals surface area contributed by atoms with Gasteiger partial charge in [-0.2, -0.15) is 0 Å². The SMILES string of the molecule is C1=C\c2ccc(-c3ccc4c(c3)c3nc(-c5ccccc5)ccc3n4-c3ccccn3)cc2-c2cc3oc4ccccc4c3cc2Sc2ccccc2-c2ccccc2/1. The molecule has 276 valence electrons. The monoisotopic (exact) mass is 771 g/mol. The maximum atomic E-state index is 6.55. The van der Waals surface area contributed by atoms with Crippen LogP contribution in [0.1, 0.15) is 11.1 Å². The van der Waals surface area contributed by atoms with Crippen molar-refractivity contribution in [2.75, 3.05) is 0 Å². The van der Waals surface area contributed by atoms with Gasteiger partial charge in [0, 0.05) is 37.7 Å². The Bertz CT molecular complexity index is 3470. The highest BCUT2D eigenvalue weighted by molar-refractivity contribution is 7.99. The Morgan fingerprint density at radius 1 is 0.441 bits per heavy atom. The summed E-state index contributed by atoms with van der Waals surface area (Å²) in [4.78, 5) is 12.5. The van der Waals surface area contributed by atoms with Crippen LogP contribution in [0.25, 0.3) is 106 Å². The topological polar surface area (TPSA) is 43.9 Å². The first-order chi connectivity index (χ1) is 29.2. The third-order valence-corrected chi connectivity index (χ3v) is 12.6. The molecule has 12 rings (SSSR count). The number of fused-ring (bicyclic) bond motifs is 12. The normalized spacial score (nSPS) is 12.8. The number of hydrogen-bond acceptors (Lipinski definition) is 4. The van der Waals surface area contributed by atoms with Crippen LogP contribution < -0.4 is 0 Å². The maximum Gasteiger partial charge on any atom is 0.137 e. The standard InChI is InChI=1S/C54H33N3OS/c1-2-13-36(14-3-1)46-26-28-48-54(56-46)45-31-38(25-27-47(45)57(48)53-20-10-11-29-55-53)37-24-23-35-22-21-34-12-4-5-15-39(34)41-17-7-9-19-51(41)59-52-33-43-40-16-6-8-18-49(40)58-50(43)32-44(52)42(35)30-37/h1-33H/b22-21-. The summed E-state index contributed by atoms with van der Waals surface area (Å²) in [5.41, 5.74) is 16.1. The van der Waals surface area contributed by atoms with E-state index in [-0.39, 0.29) is 0 Å². The van der Waals surface area contributed by atoms with Crippen LogP contribution in [0.4, 0.5) is 0 Å². The molecule has 1 aliphatic rings. The number of benzene rings is 7. The van der Waals surface area contributed by atoms with Crippen molar-refractivity contribution in [3.05, 3.63) is 199 Å². The summed E-state index contributed by atoms with van der Waals surface area (Å²) in [6.07, 6.45) is 6.37. The van der Waals surface area contributed by atoms with Crippen LogP contribution in [0, 0.1) is 0 Å². The molecule has 5 heterocycles. The predicted octanol–water partition coefficient (Wildman–Crippen LogP) is 14.8. The number of pyridine rings is 2. The molecule has 0 atom stereocenters. The van der Waals surface area contributed by atoms with Crippen molar-refractivity contribution < 1.29 is 4.42 Å². The molecule has 0 saturated carbocycles. The van der Waals surface area contributed by atoms with Crippen molar-refractivity contribution >= 4 is 67.8 Å². The van der Waals surface area contributed by atoms with Gasteiger partial charge in [0.2, 0.25) is 0 Å². The lowest BCUT2D eigenvalue weighted by molar-refractivity contribution is 0.669. The van der Waals surface area contributed by atoms with Gasteiger partial charge in [-0.05, 0) is 111 Å². The van der Waals surface area contributed by atoms with E-state index < -0.39 is 0 Å². The lowest BCUT2D eigenvalue weighted by Gasteiger charge is -2.16. The zero-order valence-corrected chi connectivity index (χ0v) is 32.5. The second-order valence-electron chi connectivity index (χ2n) is 14.9. The van der Waals surface area contributed by atoms with Gasteiger partial charge in [0.25, 0.3) is 0 Å². The summed E-state index contributed by atoms with van der Waals surface area (Å²) >= 11 is 1.82. The number of nitrogens with zero attached hydrogens (tertiary/aromatic N) is 3. The van der Waals surface area contributed by atoms with Gasteiger partial charge in [0.15, 0.2) is 0 Å². The quantitative estimate of drug-likeness (QED) is 0.179. The summed E-state index contributed by atoms with van der Waals surface area (Å²) in [7, 11) is 0. The number of rotatable bonds is 3. The van der Waals surface area contributed by atoms with Gasteiger partial charge >= 0.3 is 0 Å². The minimum Gasteiger partial charge on any atom is -0.456 e. The van der Waals surface area contributed by atoms with Crippen molar-refractivity contribution in [3.8, 4) is 50.5 Å². The lowest BCUT2D eigenvalue weighted by atomic mass is 9.92. The van der Waals surface area contributed by atoms with Crippen molar-refractivity contribution in [3.63, 3.8) is 0 Å². The molecule has 0 unspecified atom stereocenters. The summed E-state index contributed by atoms with van der Waals surface area (Å²) in [5.74, 6) is 0.861. The van der Waals surface area contributed by atoms with E-state index in [0.717, 1.165) is 88.8 Å². The van der Waals surface area contributed by atoms with Gasteiger partial charge in [-0.25, -0.2) is 9.97 Å². The Morgan fingerprint density at radius 3 is 2.08 bits per heavy atom. The van der Waals surface area contributed by atoms with Crippen LogP contribution in [-0.2, 0) is 0 Å². The van der Waals surface area contributed by atoms with Crippen molar-refractivity contribution in [1.29, 1.82) is 0 Å². The van der Waals surface area contributed by atoms with Crippen LogP contribution in [0.15, 0.2) is 202 Å². The second kappa shape index (κ2) is 13.6. The van der Waals surface area contributed by atoms with Gasteiger partial charge < -0.3 is 4.42 Å². The summed E-state index contributed by atoms with van der Waals surface area (Å²) in [6, 6.07) is 64.7. The van der Waals surface area contributed by atoms with Crippen molar-refractivity contribution in [2.45, 2.75) is 9.79 Å². The maximum absolute atomic E-state index is 6.55. The van der Waals surface area contributed by atoms with Crippen LogP contribution in [0.2, 0.25) is 0 Å². The third-order valence-electron chi connectivity index (χ3n) is 11.5. The minimum absolute atomic E-state index is 0.861. The molecule has 0 bridgehead atoms. The molecule has 0 spiro atoms. The third kappa shape index (κ3) is 5.62. The Morgan fingerprint density at radius 2 is 1.19 bits per heavy atom. The molecular formula is C54H33N3OS. The molecule has 1 aliphatic heterocycles. The van der Waals surface area contributed by atoms with E-state index in [0.29, 0.717) is 0 Å². The van der Waals surface area contributed by atoms with E-state index >= 15 is 0 Å². The fourth-order valence-corrected chi connectivity index (χ4v) is 9.81. The molecule has 11 aromatic rings. The van der Waals surface area contributed by atoms with E-state index in [1.54, 1.807) is 0 Å². The summed E-state index contributed by atoms with van der Waals surface area (Å²) < 4.78 is 8.77. The number of aromatic nitrogens is 3. The summed E-state index contributed by atoms with van der Waals surface area (Å²) in [6.45, 7) is 0. The van der Waals surface area contributed by atoms with Gasteiger partial charge in [-0.1, -0.05) is 139 Å². The molecule has 4 aromatic heterocycles. The predicted molar refractivity (Wildman–Crippen MR) is 245 cm³/mol. The molecule has 0 N–H and O–H groups in total. The lowest BCUT2D eigenvalue weighted by Crippen LogP contribution is -1.96. The Labute approximate surface area is 344 Å². The molecule has 0 radical (unpaired) electrons. The van der Waals surface area contributed by atoms with E-state index in [1.165, 1.54) is 26.5 Å². The highest BCUT2D eigenvalue weighted by atomic mass is 32.2. The first-order valence-corrected chi connectivity index (χ1v) is 20.6. The van der Waals surface area contributed by atoms with Gasteiger partial charge in [0.05, 0.1) is 22.2 Å².